The Kier molecular flexibility index (Phi) is 3.97. The van der Waals surface area contributed by atoms with Gasteiger partial charge in [0.15, 0.2) is 0 Å². The van der Waals surface area contributed by atoms with E-state index in [4.69, 9.17) is 0 Å². The Hall–Kier alpha value is -2.54. The summed E-state index contributed by atoms with van der Waals surface area (Å²) in [6, 6.07) is 18.9. The van der Waals surface area contributed by atoms with Crippen molar-refractivity contribution in [1.82, 2.24) is 20.2 Å². The maximum Gasteiger partial charge on any atom is 0.277 e. The van der Waals surface area contributed by atoms with Gasteiger partial charge in [-0.15, -0.1) is 0 Å². The van der Waals surface area contributed by atoms with Gasteiger partial charge in [-0.2, -0.15) is 4.36 Å². The monoisotopic (exact) mass is 313 g/mol. The van der Waals surface area contributed by atoms with E-state index in [-0.39, 0.29) is 5.95 Å². The molecule has 0 radical (unpaired) electrons. The maximum atomic E-state index is 12.8. The van der Waals surface area contributed by atoms with Gasteiger partial charge in [-0.3, -0.25) is 0 Å². The van der Waals surface area contributed by atoms with Gasteiger partial charge in [-0.25, -0.2) is 8.89 Å². The Bertz CT molecular complexity index is 867. The quantitative estimate of drug-likeness (QED) is 0.742. The lowest BCUT2D eigenvalue weighted by molar-refractivity contribution is 0.649. The molecule has 0 aliphatic carbocycles. The molecule has 22 heavy (non-hydrogen) atoms. The molecule has 0 bridgehead atoms. The fourth-order valence-electron chi connectivity index (χ4n) is 2.01. The number of nitrogens with zero attached hydrogens (tertiary/aromatic N) is 5. The van der Waals surface area contributed by atoms with Gasteiger partial charge in [-0.05, 0) is 28.1 Å². The molecule has 3 rings (SSSR count). The molecule has 0 N–H and O–H groups in total. The molecule has 1 unspecified atom stereocenters. The molecule has 0 amide bonds. The van der Waals surface area contributed by atoms with Crippen LogP contribution in [0.15, 0.2) is 69.9 Å². The molecule has 0 saturated carbocycles. The molecule has 6 nitrogen and oxygen atoms in total. The maximum absolute atomic E-state index is 12.8. The standard InChI is InChI=1S/C15H15N5OS/c1-22(21,14-10-6-3-7-11-14)17-15-16-18-19-20(15)12-13-8-4-2-5-9-13/h2-11H,12H2,1H3. The van der Waals surface area contributed by atoms with Crippen LogP contribution < -0.4 is 0 Å². The topological polar surface area (TPSA) is 73.0 Å². The Morgan fingerprint density at radius 3 is 2.36 bits per heavy atom. The van der Waals surface area contributed by atoms with E-state index >= 15 is 0 Å². The van der Waals surface area contributed by atoms with Crippen molar-refractivity contribution in [3.8, 4) is 0 Å². The molecule has 2 aromatic carbocycles. The van der Waals surface area contributed by atoms with Crippen LogP contribution in [0.4, 0.5) is 5.95 Å². The van der Waals surface area contributed by atoms with Crippen molar-refractivity contribution in [1.29, 1.82) is 0 Å². The van der Waals surface area contributed by atoms with Crippen LogP contribution >= 0.6 is 0 Å². The van der Waals surface area contributed by atoms with Gasteiger partial charge in [0, 0.05) is 11.2 Å². The largest absolute Gasteiger partial charge is 0.277 e. The summed E-state index contributed by atoms with van der Waals surface area (Å²) < 4.78 is 18.6. The predicted molar refractivity (Wildman–Crippen MR) is 84.2 cm³/mol. The van der Waals surface area contributed by atoms with Gasteiger partial charge in [0.05, 0.1) is 16.3 Å². The minimum atomic E-state index is -2.59. The van der Waals surface area contributed by atoms with Gasteiger partial charge in [0.2, 0.25) is 0 Å². The Balaban J connectivity index is 1.96. The van der Waals surface area contributed by atoms with E-state index in [0.717, 1.165) is 5.56 Å². The zero-order valence-corrected chi connectivity index (χ0v) is 12.8. The fourth-order valence-corrected chi connectivity index (χ4v) is 3.22. The first-order chi connectivity index (χ1) is 10.6. The van der Waals surface area contributed by atoms with Crippen LogP contribution in [0.5, 0.6) is 0 Å². The Labute approximate surface area is 129 Å². The van der Waals surface area contributed by atoms with Gasteiger partial charge >= 0.3 is 0 Å². The van der Waals surface area contributed by atoms with Crippen molar-refractivity contribution in [2.45, 2.75) is 11.4 Å². The molecule has 0 saturated heterocycles. The highest BCUT2D eigenvalue weighted by molar-refractivity contribution is 7.93. The van der Waals surface area contributed by atoms with Gasteiger partial charge in [0.1, 0.15) is 0 Å². The van der Waals surface area contributed by atoms with Crippen LogP contribution in [0.2, 0.25) is 0 Å². The lowest BCUT2D eigenvalue weighted by atomic mass is 10.2. The second-order valence-corrected chi connectivity index (χ2v) is 7.09. The van der Waals surface area contributed by atoms with E-state index < -0.39 is 9.73 Å². The Morgan fingerprint density at radius 2 is 1.68 bits per heavy atom. The molecule has 0 spiro atoms. The van der Waals surface area contributed by atoms with Gasteiger partial charge in [-0.1, -0.05) is 53.6 Å². The molecule has 0 aliphatic heterocycles. The van der Waals surface area contributed by atoms with E-state index in [9.17, 15) is 4.21 Å². The third-order valence-corrected chi connectivity index (χ3v) is 4.78. The summed E-state index contributed by atoms with van der Waals surface area (Å²) in [6.07, 6.45) is 1.59. The fraction of sp³-hybridized carbons (Fsp3) is 0.133. The first-order valence-electron chi connectivity index (χ1n) is 6.72. The van der Waals surface area contributed by atoms with Crippen LogP contribution in [-0.2, 0) is 16.3 Å². The summed E-state index contributed by atoms with van der Waals surface area (Å²) in [7, 11) is -2.59. The van der Waals surface area contributed by atoms with Crippen LogP contribution in [0.3, 0.4) is 0 Å². The normalized spacial score (nSPS) is 13.5. The SMILES string of the molecule is CS(=O)(=Nc1nnnn1Cc1ccccc1)c1ccccc1. The van der Waals surface area contributed by atoms with E-state index in [2.05, 4.69) is 19.9 Å². The first-order valence-corrected chi connectivity index (χ1v) is 8.65. The number of aromatic nitrogens is 4. The summed E-state index contributed by atoms with van der Waals surface area (Å²) in [5.74, 6) is 0.264. The molecule has 0 aliphatic rings. The molecule has 3 aromatic rings. The zero-order valence-electron chi connectivity index (χ0n) is 12.0. The molecule has 0 fully saturated rings. The minimum absolute atomic E-state index is 0.264. The van der Waals surface area contributed by atoms with Crippen LogP contribution in [0.25, 0.3) is 0 Å². The van der Waals surface area contributed by atoms with Crippen molar-refractivity contribution in [3.63, 3.8) is 0 Å². The third-order valence-electron chi connectivity index (χ3n) is 3.12. The van der Waals surface area contributed by atoms with Gasteiger partial charge in [0.25, 0.3) is 5.95 Å². The average molecular weight is 313 g/mol. The summed E-state index contributed by atoms with van der Waals surface area (Å²) in [4.78, 5) is 0.657. The van der Waals surface area contributed by atoms with E-state index in [1.165, 1.54) is 0 Å². The molecule has 7 heteroatoms. The predicted octanol–water partition coefficient (Wildman–Crippen LogP) is 2.51. The molecule has 1 heterocycles. The van der Waals surface area contributed by atoms with Crippen molar-refractivity contribution in [3.05, 3.63) is 66.2 Å². The molecule has 1 atom stereocenters. The van der Waals surface area contributed by atoms with Crippen molar-refractivity contribution < 1.29 is 4.21 Å². The first kappa shape index (κ1) is 14.4. The summed E-state index contributed by atoms with van der Waals surface area (Å²) in [6.45, 7) is 0.483. The van der Waals surface area contributed by atoms with Crippen LogP contribution in [0.1, 0.15) is 5.56 Å². The van der Waals surface area contributed by atoms with Crippen LogP contribution in [-0.4, -0.2) is 30.7 Å². The smallest absolute Gasteiger partial charge is 0.245 e. The zero-order chi connectivity index (χ0) is 15.4. The lowest BCUT2D eigenvalue weighted by Crippen LogP contribution is -2.03. The summed E-state index contributed by atoms with van der Waals surface area (Å²) >= 11 is 0. The highest BCUT2D eigenvalue weighted by atomic mass is 32.2. The molecular formula is C15H15N5OS. The van der Waals surface area contributed by atoms with Crippen molar-refractivity contribution in [2.24, 2.45) is 4.36 Å². The molecule has 112 valence electrons. The second-order valence-electron chi connectivity index (χ2n) is 4.83. The van der Waals surface area contributed by atoms with Crippen molar-refractivity contribution >= 4 is 15.7 Å². The number of benzene rings is 2. The lowest BCUT2D eigenvalue weighted by Gasteiger charge is -2.05. The van der Waals surface area contributed by atoms with E-state index in [1.807, 2.05) is 48.5 Å². The minimum Gasteiger partial charge on any atom is -0.245 e. The highest BCUT2D eigenvalue weighted by Gasteiger charge is 2.11. The third kappa shape index (κ3) is 3.20. The number of rotatable bonds is 4. The number of hydrogen-bond acceptors (Lipinski definition) is 5. The van der Waals surface area contributed by atoms with Gasteiger partial charge < -0.3 is 0 Å². The summed E-state index contributed by atoms with van der Waals surface area (Å²) in [5.41, 5.74) is 1.05. The van der Waals surface area contributed by atoms with E-state index in [1.54, 1.807) is 23.1 Å². The average Bonchev–Trinajstić information content (AvgIpc) is 2.95. The molecular weight excluding hydrogens is 298 g/mol. The second kappa shape index (κ2) is 6.07. The highest BCUT2D eigenvalue weighted by Crippen LogP contribution is 2.17. The number of tetrazole rings is 1. The summed E-state index contributed by atoms with van der Waals surface area (Å²) in [5, 5.41) is 11.4. The van der Waals surface area contributed by atoms with Crippen molar-refractivity contribution in [2.75, 3.05) is 6.26 Å². The number of hydrogen-bond donors (Lipinski definition) is 0. The molecule has 1 aromatic heterocycles. The van der Waals surface area contributed by atoms with Crippen LogP contribution in [0, 0.1) is 0 Å². The van der Waals surface area contributed by atoms with E-state index in [0.29, 0.717) is 11.4 Å². The Morgan fingerprint density at radius 1 is 1.05 bits per heavy atom.